The maximum atomic E-state index is 13.0. The van der Waals surface area contributed by atoms with Crippen LogP contribution in [-0.4, -0.2) is 35.5 Å². The van der Waals surface area contributed by atoms with Gasteiger partial charge in [-0.3, -0.25) is 0 Å². The molecule has 0 amide bonds. The topological polar surface area (TPSA) is 76.9 Å². The van der Waals surface area contributed by atoms with Gasteiger partial charge in [0.05, 0.1) is 11.9 Å². The van der Waals surface area contributed by atoms with Crippen molar-refractivity contribution in [2.75, 3.05) is 11.6 Å². The van der Waals surface area contributed by atoms with E-state index >= 15 is 0 Å². The average Bonchev–Trinajstić information content (AvgIpc) is 3.17. The van der Waals surface area contributed by atoms with E-state index in [4.69, 9.17) is 0 Å². The number of nitrogens with one attached hydrogen (secondary N) is 1. The minimum Gasteiger partial charge on any atom is -0.367 e. The summed E-state index contributed by atoms with van der Waals surface area (Å²) in [5, 5.41) is 7.11. The summed E-state index contributed by atoms with van der Waals surface area (Å²) in [6, 6.07) is 4.40. The minimum absolute atomic E-state index is 0.0715. The van der Waals surface area contributed by atoms with Crippen LogP contribution >= 0.6 is 0 Å². The normalized spacial score (nSPS) is 16.0. The first-order valence-electron chi connectivity index (χ1n) is 7.66. The van der Waals surface area contributed by atoms with Gasteiger partial charge in [-0.25, -0.2) is 26.9 Å². The minimum atomic E-state index is -3.42. The lowest BCUT2D eigenvalue weighted by Crippen LogP contribution is -2.17. The number of anilines is 1. The van der Waals surface area contributed by atoms with Crippen molar-refractivity contribution in [2.45, 2.75) is 43.2 Å². The highest BCUT2D eigenvalue weighted by atomic mass is 32.2. The molecule has 2 aromatic rings. The third-order valence-corrected chi connectivity index (χ3v) is 5.01. The molecule has 2 aromatic heterocycles. The Morgan fingerprint density at radius 1 is 1.29 bits per heavy atom. The number of aromatic nitrogens is 3. The summed E-state index contributed by atoms with van der Waals surface area (Å²) in [4.78, 5) is 3.89. The third kappa shape index (κ3) is 3.55. The summed E-state index contributed by atoms with van der Waals surface area (Å²) in [6.07, 6.45) is 3.89. The van der Waals surface area contributed by atoms with E-state index < -0.39 is 16.3 Å². The number of hydrogen-bond acceptors (Lipinski definition) is 5. The Balaban J connectivity index is 1.95. The smallest absolute Gasteiger partial charge is 0.282 e. The zero-order valence-electron chi connectivity index (χ0n) is 13.1. The number of sulfone groups is 1. The van der Waals surface area contributed by atoms with Crippen LogP contribution in [0.4, 0.5) is 14.6 Å². The molecule has 0 aliphatic heterocycles. The quantitative estimate of drug-likeness (QED) is 0.891. The molecule has 0 atom stereocenters. The second-order valence-electron chi connectivity index (χ2n) is 5.92. The van der Waals surface area contributed by atoms with Gasteiger partial charge in [-0.15, -0.1) is 0 Å². The first-order chi connectivity index (χ1) is 11.3. The first-order valence-corrected chi connectivity index (χ1v) is 9.55. The molecule has 0 radical (unpaired) electrons. The van der Waals surface area contributed by atoms with Crippen molar-refractivity contribution in [1.82, 2.24) is 14.8 Å². The van der Waals surface area contributed by atoms with E-state index in [0.29, 0.717) is 11.5 Å². The van der Waals surface area contributed by atoms with Crippen molar-refractivity contribution in [1.29, 1.82) is 0 Å². The molecule has 1 saturated carbocycles. The van der Waals surface area contributed by atoms with Crippen molar-refractivity contribution in [2.24, 2.45) is 0 Å². The summed E-state index contributed by atoms with van der Waals surface area (Å²) in [5.41, 5.74) is 0.0949. The second kappa shape index (κ2) is 6.46. The lowest BCUT2D eigenvalue weighted by molar-refractivity contribution is 0.145. The molecule has 6 nitrogen and oxygen atoms in total. The van der Waals surface area contributed by atoms with E-state index in [1.165, 1.54) is 29.1 Å². The highest BCUT2D eigenvalue weighted by Crippen LogP contribution is 2.27. The summed E-state index contributed by atoms with van der Waals surface area (Å²) in [5.74, 6) is 0.464. The maximum absolute atomic E-state index is 13.0. The number of nitrogens with zero attached hydrogens (tertiary/aromatic N) is 3. The van der Waals surface area contributed by atoms with Crippen molar-refractivity contribution < 1.29 is 17.2 Å². The monoisotopic (exact) mass is 356 g/mol. The van der Waals surface area contributed by atoms with Crippen molar-refractivity contribution in [3.05, 3.63) is 30.1 Å². The molecule has 1 fully saturated rings. The van der Waals surface area contributed by atoms with Crippen LogP contribution in [0.3, 0.4) is 0 Å². The van der Waals surface area contributed by atoms with E-state index in [2.05, 4.69) is 15.4 Å². The van der Waals surface area contributed by atoms with Gasteiger partial charge in [-0.05, 0) is 25.0 Å². The Bertz CT molecular complexity index is 812. The van der Waals surface area contributed by atoms with Gasteiger partial charge in [-0.1, -0.05) is 12.8 Å². The zero-order chi connectivity index (χ0) is 17.3. The molecule has 1 aliphatic rings. The molecule has 0 aromatic carbocycles. The molecular weight excluding hydrogens is 338 g/mol. The summed E-state index contributed by atoms with van der Waals surface area (Å²) in [6.45, 7) is 0. The predicted octanol–water partition coefficient (Wildman–Crippen LogP) is 2.96. The Hall–Kier alpha value is -2.03. The Morgan fingerprint density at radius 3 is 2.54 bits per heavy atom. The molecule has 3 rings (SSSR count). The lowest BCUT2D eigenvalue weighted by atomic mass is 10.2. The van der Waals surface area contributed by atoms with E-state index in [0.717, 1.165) is 31.9 Å². The SMILES string of the molecule is CS(=O)(=O)c1ccc(-n2nc(C(F)F)cc2NC2CCCC2)cn1. The standard InChI is InChI=1S/C15H18F2N4O2S/c1-24(22,23)14-7-6-11(9-18-14)21-13(8-12(20-21)15(16)17)19-10-4-2-3-5-10/h6-10,15,19H,2-5H2,1H3. The third-order valence-electron chi connectivity index (χ3n) is 4.00. The van der Waals surface area contributed by atoms with Gasteiger partial charge in [0.25, 0.3) is 6.43 Å². The van der Waals surface area contributed by atoms with Crippen LogP contribution in [0, 0.1) is 0 Å². The van der Waals surface area contributed by atoms with Crippen LogP contribution in [-0.2, 0) is 9.84 Å². The highest BCUT2D eigenvalue weighted by molar-refractivity contribution is 7.90. The van der Waals surface area contributed by atoms with Gasteiger partial charge in [0.2, 0.25) is 0 Å². The van der Waals surface area contributed by atoms with Crippen LogP contribution < -0.4 is 5.32 Å². The Labute approximate surface area is 138 Å². The molecule has 1 aliphatic carbocycles. The van der Waals surface area contributed by atoms with E-state index in [9.17, 15) is 17.2 Å². The number of hydrogen-bond donors (Lipinski definition) is 1. The largest absolute Gasteiger partial charge is 0.367 e. The van der Waals surface area contributed by atoms with Crippen LogP contribution in [0.5, 0.6) is 0 Å². The molecule has 130 valence electrons. The average molecular weight is 356 g/mol. The predicted molar refractivity (Wildman–Crippen MR) is 85.3 cm³/mol. The molecule has 1 N–H and O–H groups in total. The molecule has 9 heteroatoms. The number of pyridine rings is 1. The van der Waals surface area contributed by atoms with Gasteiger partial charge in [0.1, 0.15) is 11.5 Å². The van der Waals surface area contributed by atoms with Crippen LogP contribution in [0.15, 0.2) is 29.4 Å². The van der Waals surface area contributed by atoms with E-state index in [-0.39, 0.29) is 16.8 Å². The van der Waals surface area contributed by atoms with Crippen LogP contribution in [0.25, 0.3) is 5.69 Å². The van der Waals surface area contributed by atoms with Crippen LogP contribution in [0.2, 0.25) is 0 Å². The molecule has 24 heavy (non-hydrogen) atoms. The fraction of sp³-hybridized carbons (Fsp3) is 0.467. The summed E-state index contributed by atoms with van der Waals surface area (Å²) < 4.78 is 50.3. The lowest BCUT2D eigenvalue weighted by Gasteiger charge is -2.14. The molecule has 2 heterocycles. The fourth-order valence-corrected chi connectivity index (χ4v) is 3.36. The van der Waals surface area contributed by atoms with Gasteiger partial charge < -0.3 is 5.32 Å². The molecule has 0 unspecified atom stereocenters. The number of rotatable bonds is 5. The summed E-state index contributed by atoms with van der Waals surface area (Å²) in [7, 11) is -3.42. The van der Waals surface area contributed by atoms with E-state index in [1.807, 2.05) is 0 Å². The highest BCUT2D eigenvalue weighted by Gasteiger charge is 2.21. The molecule has 0 spiro atoms. The molecular formula is C15H18F2N4O2S. The van der Waals surface area contributed by atoms with Gasteiger partial charge in [0.15, 0.2) is 14.9 Å². The van der Waals surface area contributed by atoms with Crippen molar-refractivity contribution in [3.63, 3.8) is 0 Å². The first kappa shape index (κ1) is 16.8. The molecule has 0 saturated heterocycles. The van der Waals surface area contributed by atoms with E-state index in [1.54, 1.807) is 0 Å². The second-order valence-corrected chi connectivity index (χ2v) is 7.88. The Kier molecular flexibility index (Phi) is 4.53. The summed E-state index contributed by atoms with van der Waals surface area (Å²) >= 11 is 0. The Morgan fingerprint density at radius 2 is 2.00 bits per heavy atom. The zero-order valence-corrected chi connectivity index (χ0v) is 13.9. The fourth-order valence-electron chi connectivity index (χ4n) is 2.80. The number of halogens is 2. The van der Waals surface area contributed by atoms with Gasteiger partial charge in [-0.2, -0.15) is 5.10 Å². The van der Waals surface area contributed by atoms with Crippen molar-refractivity contribution in [3.8, 4) is 5.69 Å². The van der Waals surface area contributed by atoms with Gasteiger partial charge >= 0.3 is 0 Å². The van der Waals surface area contributed by atoms with Crippen molar-refractivity contribution >= 4 is 15.7 Å². The maximum Gasteiger partial charge on any atom is 0.282 e. The van der Waals surface area contributed by atoms with Gasteiger partial charge in [0, 0.05) is 18.4 Å². The molecule has 0 bridgehead atoms. The van der Waals surface area contributed by atoms with Crippen LogP contribution in [0.1, 0.15) is 37.8 Å². The number of alkyl halides is 2.